The van der Waals surface area contributed by atoms with Crippen LogP contribution in [-0.4, -0.2) is 116 Å². The number of phenolic OH excluding ortho intramolecular Hbond substituents is 1. The first-order valence-electron chi connectivity index (χ1n) is 17.0. The zero-order valence-electron chi connectivity index (χ0n) is 28.7. The summed E-state index contributed by atoms with van der Waals surface area (Å²) in [5.41, 5.74) is 2.95. The van der Waals surface area contributed by atoms with Crippen molar-refractivity contribution >= 4 is 33.5 Å². The Morgan fingerprint density at radius 1 is 0.906 bits per heavy atom. The number of phenols is 1. The Hall–Kier alpha value is -4.42. The molecule has 10 atom stereocenters. The molecular formula is C38H40N2O12S. The number of carbonyl (C=O) groups excluding carboxylic acids is 1. The molecule has 15 heteroatoms. The topological polar surface area (TPSA) is 210 Å². The molecule has 53 heavy (non-hydrogen) atoms. The predicted octanol–water partition coefficient (Wildman–Crippen LogP) is 2.25. The first-order valence-corrected chi connectivity index (χ1v) is 17.8. The maximum absolute atomic E-state index is 13.0. The number of hydrogen-bond donors (Lipinski definition) is 7. The number of carbonyl (C=O) groups is 1. The van der Waals surface area contributed by atoms with Crippen LogP contribution in [0.2, 0.25) is 0 Å². The fraction of sp³-hybridized carbons (Fsp3) is 0.368. The molecule has 1 saturated carbocycles. The minimum absolute atomic E-state index is 0.0339. The lowest BCUT2D eigenvalue weighted by Crippen LogP contribution is -2.67. The average molecular weight is 749 g/mol. The average Bonchev–Trinajstić information content (AvgIpc) is 3.89. The number of aromatic nitrogens is 1. The maximum atomic E-state index is 13.0. The van der Waals surface area contributed by atoms with Gasteiger partial charge in [0.15, 0.2) is 11.5 Å². The molecule has 3 aliphatic rings. The standard InChI is InChI=1S/C38H40N2O12S/c1-18(13-14-48-24-9-5-3-7-21(24)37-39-22-8-4-6-10-26(22)53-37)33-31(45)32(46)38(52-33)51-25-12-11-20(16-23(25)41)15-19(2)36(47)40-27-28(42)30(44)35-34(29(27)43)49-17-50-35/h3-13,15-16,27-35,38,41-46H,14,17H2,1-2H3,(H,40,47)/t27-,28+,29-,30-,31+,32+,33-,34+,35-,38-/m1/s1. The van der Waals surface area contributed by atoms with Crippen molar-refractivity contribution in [3.8, 4) is 27.8 Å². The Bertz CT molecular complexity index is 1980. The normalized spacial score (nSPS) is 30.3. The SMILES string of the molecule is CC(=Cc1ccc(O[C@@H]2O[C@H](C(C)=CCOc3ccccc3-c3nc4ccccc4s3)[C@@H](O)[C@@H]2O)c(O)c1)C(=O)N[C@@H]1[C@H](O)[C@@H](O)[C@H]2OCO[C@H]2[C@@H]1O. The second kappa shape index (κ2) is 15.5. The van der Waals surface area contributed by atoms with Crippen molar-refractivity contribution in [1.82, 2.24) is 10.3 Å². The quantitative estimate of drug-likeness (QED) is 0.0919. The third-order valence-electron chi connectivity index (χ3n) is 9.59. The summed E-state index contributed by atoms with van der Waals surface area (Å²) in [4.78, 5) is 17.7. The van der Waals surface area contributed by atoms with Gasteiger partial charge in [0, 0.05) is 5.57 Å². The molecule has 1 amide bonds. The fourth-order valence-corrected chi connectivity index (χ4v) is 7.64. The van der Waals surface area contributed by atoms with Crippen LogP contribution in [0.25, 0.3) is 26.9 Å². The van der Waals surface area contributed by atoms with E-state index in [0.29, 0.717) is 16.9 Å². The maximum Gasteiger partial charge on any atom is 0.247 e. The van der Waals surface area contributed by atoms with Gasteiger partial charge >= 0.3 is 0 Å². The number of fused-ring (bicyclic) bond motifs is 2. The van der Waals surface area contributed by atoms with Crippen LogP contribution in [0.5, 0.6) is 17.2 Å². The van der Waals surface area contributed by atoms with E-state index in [4.69, 9.17) is 28.7 Å². The lowest BCUT2D eigenvalue weighted by molar-refractivity contribution is -0.155. The number of aromatic hydroxyl groups is 1. The molecule has 280 valence electrons. The van der Waals surface area contributed by atoms with Gasteiger partial charge in [0.25, 0.3) is 0 Å². The summed E-state index contributed by atoms with van der Waals surface area (Å²) in [5.74, 6) is -0.345. The van der Waals surface area contributed by atoms with E-state index in [0.717, 1.165) is 20.8 Å². The van der Waals surface area contributed by atoms with E-state index < -0.39 is 67.1 Å². The Labute approximate surface area is 308 Å². The van der Waals surface area contributed by atoms with Crippen LogP contribution in [0.15, 0.2) is 84.0 Å². The van der Waals surface area contributed by atoms with Gasteiger partial charge in [-0.15, -0.1) is 11.3 Å². The molecule has 7 N–H and O–H groups in total. The van der Waals surface area contributed by atoms with Crippen LogP contribution >= 0.6 is 11.3 Å². The molecule has 1 aromatic heterocycles. The van der Waals surface area contributed by atoms with Gasteiger partial charge in [-0.2, -0.15) is 0 Å². The smallest absolute Gasteiger partial charge is 0.247 e. The zero-order valence-corrected chi connectivity index (χ0v) is 29.5. The summed E-state index contributed by atoms with van der Waals surface area (Å²) in [6, 6.07) is 18.6. The number of amides is 1. The van der Waals surface area contributed by atoms with Crippen LogP contribution in [0.3, 0.4) is 0 Å². The number of benzene rings is 3. The van der Waals surface area contributed by atoms with Crippen molar-refractivity contribution < 1.29 is 59.1 Å². The molecule has 2 saturated heterocycles. The molecule has 4 aromatic rings. The van der Waals surface area contributed by atoms with Gasteiger partial charge in [0.05, 0.1) is 21.8 Å². The van der Waals surface area contributed by atoms with E-state index in [2.05, 4.69) is 5.32 Å². The van der Waals surface area contributed by atoms with Crippen molar-refractivity contribution in [3.05, 3.63) is 89.5 Å². The van der Waals surface area contributed by atoms with Crippen LogP contribution in [0.1, 0.15) is 19.4 Å². The summed E-state index contributed by atoms with van der Waals surface area (Å²) >= 11 is 1.57. The van der Waals surface area contributed by atoms with Gasteiger partial charge in [-0.05, 0) is 73.5 Å². The summed E-state index contributed by atoms with van der Waals surface area (Å²) in [6.45, 7) is 3.25. The van der Waals surface area contributed by atoms with Gasteiger partial charge in [0.1, 0.15) is 73.0 Å². The van der Waals surface area contributed by atoms with Crippen LogP contribution in [0, 0.1) is 0 Å². The highest BCUT2D eigenvalue weighted by atomic mass is 32.1. The molecule has 0 unspecified atom stereocenters. The molecule has 2 aliphatic heterocycles. The summed E-state index contributed by atoms with van der Waals surface area (Å²) in [5, 5.41) is 67.2. The minimum atomic E-state index is -1.50. The minimum Gasteiger partial charge on any atom is -0.504 e. The molecule has 3 fully saturated rings. The van der Waals surface area contributed by atoms with E-state index in [9.17, 15) is 35.4 Å². The fourth-order valence-electron chi connectivity index (χ4n) is 6.64. The Balaban J connectivity index is 0.956. The van der Waals surface area contributed by atoms with E-state index >= 15 is 0 Å². The van der Waals surface area contributed by atoms with Crippen molar-refractivity contribution in [3.63, 3.8) is 0 Å². The van der Waals surface area contributed by atoms with E-state index in [-0.39, 0.29) is 30.5 Å². The molecule has 0 spiro atoms. The predicted molar refractivity (Wildman–Crippen MR) is 192 cm³/mol. The van der Waals surface area contributed by atoms with Gasteiger partial charge in [-0.1, -0.05) is 30.3 Å². The molecule has 3 heterocycles. The number of nitrogens with zero attached hydrogens (tertiary/aromatic N) is 1. The molecule has 3 aromatic carbocycles. The van der Waals surface area contributed by atoms with Crippen LogP contribution in [-0.2, 0) is 19.0 Å². The lowest BCUT2D eigenvalue weighted by atomic mass is 9.83. The van der Waals surface area contributed by atoms with Gasteiger partial charge < -0.3 is 59.6 Å². The first kappa shape index (κ1) is 36.9. The van der Waals surface area contributed by atoms with Gasteiger partial charge in [0.2, 0.25) is 12.2 Å². The molecule has 14 nitrogen and oxygen atoms in total. The molecule has 1 aliphatic carbocycles. The monoisotopic (exact) mass is 748 g/mol. The third kappa shape index (κ3) is 7.53. The van der Waals surface area contributed by atoms with Crippen LogP contribution < -0.4 is 14.8 Å². The van der Waals surface area contributed by atoms with Crippen molar-refractivity contribution in [2.45, 2.75) is 75.0 Å². The Kier molecular flexibility index (Phi) is 10.8. The van der Waals surface area contributed by atoms with E-state index in [1.807, 2.05) is 48.5 Å². The summed E-state index contributed by atoms with van der Waals surface area (Å²) in [7, 11) is 0. The second-order valence-corrected chi connectivity index (χ2v) is 14.2. The highest BCUT2D eigenvalue weighted by Crippen LogP contribution is 2.37. The Morgan fingerprint density at radius 2 is 1.64 bits per heavy atom. The molecule has 0 bridgehead atoms. The van der Waals surface area contributed by atoms with Crippen molar-refractivity contribution in [2.75, 3.05) is 13.4 Å². The van der Waals surface area contributed by atoms with Gasteiger partial charge in [-0.25, -0.2) is 4.98 Å². The number of aliphatic hydroxyl groups is 5. The molecule has 0 radical (unpaired) electrons. The molecule has 7 rings (SSSR count). The van der Waals surface area contributed by atoms with Crippen LogP contribution in [0.4, 0.5) is 0 Å². The second-order valence-electron chi connectivity index (χ2n) is 13.2. The number of nitrogens with one attached hydrogen (secondary N) is 1. The van der Waals surface area contributed by atoms with E-state index in [1.54, 1.807) is 30.4 Å². The number of thiazole rings is 1. The lowest BCUT2D eigenvalue weighted by Gasteiger charge is -2.41. The number of rotatable bonds is 10. The highest BCUT2D eigenvalue weighted by molar-refractivity contribution is 7.21. The zero-order chi connectivity index (χ0) is 37.4. The summed E-state index contributed by atoms with van der Waals surface area (Å²) < 4.78 is 29.4. The van der Waals surface area contributed by atoms with Crippen molar-refractivity contribution in [2.24, 2.45) is 0 Å². The first-order chi connectivity index (χ1) is 25.5. The third-order valence-corrected chi connectivity index (χ3v) is 10.7. The summed E-state index contributed by atoms with van der Waals surface area (Å²) in [6.07, 6.45) is -7.79. The van der Waals surface area contributed by atoms with Crippen molar-refractivity contribution in [1.29, 1.82) is 0 Å². The highest BCUT2D eigenvalue weighted by Gasteiger charge is 2.53. The number of hydrogen-bond acceptors (Lipinski definition) is 14. The van der Waals surface area contributed by atoms with E-state index in [1.165, 1.54) is 25.1 Å². The van der Waals surface area contributed by atoms with Gasteiger partial charge in [-0.3, -0.25) is 4.79 Å². The Morgan fingerprint density at radius 3 is 2.42 bits per heavy atom. The number of ether oxygens (including phenoxy) is 5. The molecular weight excluding hydrogens is 708 g/mol. The number of para-hydroxylation sites is 2. The number of aliphatic hydroxyl groups excluding tert-OH is 5. The largest absolute Gasteiger partial charge is 0.504 e.